The highest BCUT2D eigenvalue weighted by atomic mass is 35.5. The van der Waals surface area contributed by atoms with Gasteiger partial charge in [0.25, 0.3) is 0 Å². The summed E-state index contributed by atoms with van der Waals surface area (Å²) in [6, 6.07) is 15.5. The monoisotopic (exact) mass is 301 g/mol. The molecule has 3 rings (SSSR count). The number of hydrogen-bond acceptors (Lipinski definition) is 3. The van der Waals surface area contributed by atoms with Crippen molar-refractivity contribution in [3.63, 3.8) is 0 Å². The standard InChI is InChI=1S/C17H16ClNO2/c1-21-14-8-4-12(5-9-14)17(19-20)16-10-15(16)11-2-6-13(18)7-3-11/h2-9,15-16,20H,10H2,1H3/b19-17-/t15-,16+/m0/s1. The number of benzene rings is 2. The zero-order chi connectivity index (χ0) is 14.8. The van der Waals surface area contributed by atoms with E-state index in [0.29, 0.717) is 5.92 Å². The molecular formula is C17H16ClNO2. The molecule has 108 valence electrons. The predicted octanol–water partition coefficient (Wildman–Crippen LogP) is 4.33. The van der Waals surface area contributed by atoms with Gasteiger partial charge >= 0.3 is 0 Å². The molecule has 0 bridgehead atoms. The lowest BCUT2D eigenvalue weighted by atomic mass is 10.0. The van der Waals surface area contributed by atoms with E-state index in [-0.39, 0.29) is 5.92 Å². The van der Waals surface area contributed by atoms with Crippen molar-refractivity contribution < 1.29 is 9.94 Å². The fourth-order valence-corrected chi connectivity index (χ4v) is 2.81. The average molecular weight is 302 g/mol. The molecule has 1 fully saturated rings. The maximum absolute atomic E-state index is 9.36. The highest BCUT2D eigenvalue weighted by molar-refractivity contribution is 6.30. The minimum atomic E-state index is 0.254. The molecule has 0 unspecified atom stereocenters. The normalized spacial score (nSPS) is 21.1. The molecule has 1 saturated carbocycles. The van der Waals surface area contributed by atoms with Crippen LogP contribution in [0.2, 0.25) is 5.02 Å². The van der Waals surface area contributed by atoms with E-state index in [1.165, 1.54) is 5.56 Å². The van der Waals surface area contributed by atoms with Crippen LogP contribution in [0.15, 0.2) is 53.7 Å². The van der Waals surface area contributed by atoms with E-state index in [1.54, 1.807) is 7.11 Å². The Balaban J connectivity index is 1.78. The quantitative estimate of drug-likeness (QED) is 0.519. The molecule has 0 heterocycles. The Morgan fingerprint density at radius 3 is 2.38 bits per heavy atom. The summed E-state index contributed by atoms with van der Waals surface area (Å²) in [5.41, 5.74) is 2.90. The third-order valence-corrected chi connectivity index (χ3v) is 4.19. The van der Waals surface area contributed by atoms with E-state index in [0.717, 1.165) is 28.5 Å². The smallest absolute Gasteiger partial charge is 0.118 e. The first kappa shape index (κ1) is 14.0. The van der Waals surface area contributed by atoms with Crippen LogP contribution in [0.4, 0.5) is 0 Å². The third-order valence-electron chi connectivity index (χ3n) is 3.93. The van der Waals surface area contributed by atoms with E-state index in [4.69, 9.17) is 16.3 Å². The number of rotatable bonds is 4. The number of hydrogen-bond donors (Lipinski definition) is 1. The second-order valence-electron chi connectivity index (χ2n) is 5.21. The van der Waals surface area contributed by atoms with Gasteiger partial charge in [-0.05, 0) is 59.9 Å². The first-order valence-electron chi connectivity index (χ1n) is 6.84. The van der Waals surface area contributed by atoms with E-state index in [9.17, 15) is 5.21 Å². The Kier molecular flexibility index (Phi) is 3.84. The van der Waals surface area contributed by atoms with Crippen molar-refractivity contribution in [1.29, 1.82) is 0 Å². The summed E-state index contributed by atoms with van der Waals surface area (Å²) in [5.74, 6) is 1.45. The van der Waals surface area contributed by atoms with Gasteiger partial charge in [0.05, 0.1) is 12.8 Å². The molecule has 2 aromatic carbocycles. The van der Waals surface area contributed by atoms with Crippen LogP contribution in [-0.4, -0.2) is 18.0 Å². The SMILES string of the molecule is COc1ccc(/C(=N/O)[C@@H]2C[C@H]2c2ccc(Cl)cc2)cc1. The molecule has 3 nitrogen and oxygen atoms in total. The summed E-state index contributed by atoms with van der Waals surface area (Å²) < 4.78 is 5.15. The first-order valence-corrected chi connectivity index (χ1v) is 7.22. The topological polar surface area (TPSA) is 41.8 Å². The minimum absolute atomic E-state index is 0.254. The Hall–Kier alpha value is -2.00. The maximum Gasteiger partial charge on any atom is 0.118 e. The predicted molar refractivity (Wildman–Crippen MR) is 83.6 cm³/mol. The number of halogens is 1. The van der Waals surface area contributed by atoms with Crippen LogP contribution in [0.25, 0.3) is 0 Å². The number of oxime groups is 1. The molecule has 1 aliphatic rings. The van der Waals surface area contributed by atoms with Gasteiger partial charge in [-0.25, -0.2) is 0 Å². The lowest BCUT2D eigenvalue weighted by molar-refractivity contribution is 0.317. The number of ether oxygens (including phenoxy) is 1. The van der Waals surface area contributed by atoms with Crippen LogP contribution in [0.1, 0.15) is 23.5 Å². The van der Waals surface area contributed by atoms with Gasteiger partial charge in [-0.2, -0.15) is 0 Å². The van der Waals surface area contributed by atoms with Crippen molar-refractivity contribution in [1.82, 2.24) is 0 Å². The Morgan fingerprint density at radius 1 is 1.14 bits per heavy atom. The zero-order valence-electron chi connectivity index (χ0n) is 11.7. The second-order valence-corrected chi connectivity index (χ2v) is 5.65. The van der Waals surface area contributed by atoms with Gasteiger partial charge in [-0.15, -0.1) is 0 Å². The fraction of sp³-hybridized carbons (Fsp3) is 0.235. The summed E-state index contributed by atoms with van der Waals surface area (Å²) in [4.78, 5) is 0. The highest BCUT2D eigenvalue weighted by Gasteiger charge is 2.42. The maximum atomic E-state index is 9.36. The number of nitrogens with zero attached hydrogens (tertiary/aromatic N) is 1. The van der Waals surface area contributed by atoms with Crippen LogP contribution < -0.4 is 4.74 Å². The van der Waals surface area contributed by atoms with Crippen LogP contribution in [0, 0.1) is 5.92 Å². The molecule has 0 spiro atoms. The first-order chi connectivity index (χ1) is 10.2. The summed E-state index contributed by atoms with van der Waals surface area (Å²) in [6.45, 7) is 0. The van der Waals surface area contributed by atoms with Crippen LogP contribution in [0.5, 0.6) is 5.75 Å². The number of methoxy groups -OCH3 is 1. The van der Waals surface area contributed by atoms with Crippen molar-refractivity contribution in [2.75, 3.05) is 7.11 Å². The average Bonchev–Trinajstić information content (AvgIpc) is 3.30. The lowest BCUT2D eigenvalue weighted by Crippen LogP contribution is -2.05. The van der Waals surface area contributed by atoms with Crippen molar-refractivity contribution in [2.45, 2.75) is 12.3 Å². The molecule has 1 aliphatic carbocycles. The van der Waals surface area contributed by atoms with Gasteiger partial charge in [0.2, 0.25) is 0 Å². The third kappa shape index (κ3) is 2.88. The van der Waals surface area contributed by atoms with Crippen LogP contribution in [0.3, 0.4) is 0 Å². The second kappa shape index (κ2) is 5.78. The van der Waals surface area contributed by atoms with E-state index >= 15 is 0 Å². The zero-order valence-corrected chi connectivity index (χ0v) is 12.4. The molecule has 1 N–H and O–H groups in total. The van der Waals surface area contributed by atoms with Crippen molar-refractivity contribution >= 4 is 17.3 Å². The van der Waals surface area contributed by atoms with E-state index in [2.05, 4.69) is 5.16 Å². The van der Waals surface area contributed by atoms with Gasteiger partial charge in [-0.1, -0.05) is 28.9 Å². The molecule has 0 radical (unpaired) electrons. The molecule has 2 atom stereocenters. The van der Waals surface area contributed by atoms with Gasteiger partial charge in [-0.3, -0.25) is 0 Å². The lowest BCUT2D eigenvalue weighted by Gasteiger charge is -2.06. The Labute approximate surface area is 128 Å². The molecule has 0 aromatic heterocycles. The molecule has 0 saturated heterocycles. The van der Waals surface area contributed by atoms with Gasteiger partial charge in [0, 0.05) is 10.9 Å². The molecule has 4 heteroatoms. The highest BCUT2D eigenvalue weighted by Crippen LogP contribution is 2.49. The molecular weight excluding hydrogens is 286 g/mol. The van der Waals surface area contributed by atoms with Crippen LogP contribution >= 0.6 is 11.6 Å². The summed E-state index contributed by atoms with van der Waals surface area (Å²) in [7, 11) is 1.63. The molecule has 0 aliphatic heterocycles. The fourth-order valence-electron chi connectivity index (χ4n) is 2.68. The minimum Gasteiger partial charge on any atom is -0.497 e. The summed E-state index contributed by atoms with van der Waals surface area (Å²) in [5, 5.41) is 13.6. The van der Waals surface area contributed by atoms with E-state index < -0.39 is 0 Å². The molecule has 21 heavy (non-hydrogen) atoms. The van der Waals surface area contributed by atoms with Gasteiger partial charge in [0.1, 0.15) is 5.75 Å². The van der Waals surface area contributed by atoms with Crippen molar-refractivity contribution in [2.24, 2.45) is 11.1 Å². The van der Waals surface area contributed by atoms with Gasteiger partial charge < -0.3 is 9.94 Å². The molecule has 2 aromatic rings. The molecule has 0 amide bonds. The van der Waals surface area contributed by atoms with Gasteiger partial charge in [0.15, 0.2) is 0 Å². The Morgan fingerprint density at radius 2 is 1.81 bits per heavy atom. The largest absolute Gasteiger partial charge is 0.497 e. The summed E-state index contributed by atoms with van der Waals surface area (Å²) in [6.07, 6.45) is 0.993. The Bertz CT molecular complexity index is 649. The van der Waals surface area contributed by atoms with Crippen LogP contribution in [-0.2, 0) is 0 Å². The van der Waals surface area contributed by atoms with Crippen molar-refractivity contribution in [3.05, 3.63) is 64.7 Å². The van der Waals surface area contributed by atoms with E-state index in [1.807, 2.05) is 48.5 Å². The van der Waals surface area contributed by atoms with Crippen molar-refractivity contribution in [3.8, 4) is 5.75 Å². The summed E-state index contributed by atoms with van der Waals surface area (Å²) >= 11 is 5.91.